The molecule has 1 saturated heterocycles. The number of rotatable bonds is 6. The van der Waals surface area contributed by atoms with E-state index in [9.17, 15) is 4.79 Å². The summed E-state index contributed by atoms with van der Waals surface area (Å²) in [5.41, 5.74) is 3.45. The smallest absolute Gasteiger partial charge is 0.251 e. The standard InChI is InChI=1S/C25H30ClN3OS/c1-3-20-7-4-5-13-29(20)14-6-12-27-25(30)18-8-10-24-22(15-18)28-17(2)21-16-19(26)9-11-23(21)31-24/h8-11,15-16,20H,3-7,12-14H2,1-2H3,(H,27,30)/t20-/m1/s1. The second kappa shape index (κ2) is 10.2. The first-order valence-corrected chi connectivity index (χ1v) is 12.4. The summed E-state index contributed by atoms with van der Waals surface area (Å²) >= 11 is 7.84. The third kappa shape index (κ3) is 5.33. The second-order valence-electron chi connectivity index (χ2n) is 8.33. The number of hydrogen-bond acceptors (Lipinski definition) is 4. The lowest BCUT2D eigenvalue weighted by atomic mass is 10.00. The monoisotopic (exact) mass is 455 g/mol. The van der Waals surface area contributed by atoms with Crippen LogP contribution in [0.4, 0.5) is 5.69 Å². The van der Waals surface area contributed by atoms with Gasteiger partial charge in [-0.2, -0.15) is 0 Å². The van der Waals surface area contributed by atoms with Crippen molar-refractivity contribution in [3.05, 3.63) is 52.5 Å². The van der Waals surface area contributed by atoms with E-state index in [4.69, 9.17) is 16.6 Å². The molecule has 1 fully saturated rings. The Hall–Kier alpha value is -1.82. The van der Waals surface area contributed by atoms with Gasteiger partial charge in [-0.1, -0.05) is 36.7 Å². The summed E-state index contributed by atoms with van der Waals surface area (Å²) < 4.78 is 0. The van der Waals surface area contributed by atoms with Crippen molar-refractivity contribution in [1.29, 1.82) is 0 Å². The molecule has 4 nitrogen and oxygen atoms in total. The van der Waals surface area contributed by atoms with Crippen LogP contribution in [0, 0.1) is 0 Å². The maximum atomic E-state index is 12.7. The largest absolute Gasteiger partial charge is 0.352 e. The van der Waals surface area contributed by atoms with Crippen molar-refractivity contribution in [2.45, 2.75) is 61.8 Å². The SMILES string of the molecule is CC[C@@H]1CCCCN1CCCNC(=O)c1ccc2c(c1)N=C(C)c1cc(Cl)ccc1S2. The Morgan fingerprint density at radius 1 is 1.23 bits per heavy atom. The fourth-order valence-electron chi connectivity index (χ4n) is 4.47. The molecule has 1 amide bonds. The summed E-state index contributed by atoms with van der Waals surface area (Å²) in [6.07, 6.45) is 6.16. The van der Waals surface area contributed by atoms with E-state index in [2.05, 4.69) is 17.1 Å². The number of hydrogen-bond donors (Lipinski definition) is 1. The molecule has 31 heavy (non-hydrogen) atoms. The number of fused-ring (bicyclic) bond motifs is 2. The van der Waals surface area contributed by atoms with E-state index in [-0.39, 0.29) is 5.91 Å². The molecule has 2 aromatic carbocycles. The molecule has 6 heteroatoms. The highest BCUT2D eigenvalue weighted by Crippen LogP contribution is 2.41. The van der Waals surface area contributed by atoms with Gasteiger partial charge < -0.3 is 10.2 Å². The number of benzene rings is 2. The number of aliphatic imine (C=N–C) groups is 1. The summed E-state index contributed by atoms with van der Waals surface area (Å²) in [6, 6.07) is 12.4. The van der Waals surface area contributed by atoms with Gasteiger partial charge in [0.05, 0.1) is 5.69 Å². The van der Waals surface area contributed by atoms with Gasteiger partial charge in [0.2, 0.25) is 0 Å². The number of piperidine rings is 1. The van der Waals surface area contributed by atoms with Crippen molar-refractivity contribution in [1.82, 2.24) is 10.2 Å². The fourth-order valence-corrected chi connectivity index (χ4v) is 5.68. The van der Waals surface area contributed by atoms with Crippen LogP contribution >= 0.6 is 23.4 Å². The van der Waals surface area contributed by atoms with Gasteiger partial charge in [-0.25, -0.2) is 0 Å². The van der Waals surface area contributed by atoms with Crippen LogP contribution in [0.2, 0.25) is 5.02 Å². The molecular weight excluding hydrogens is 426 g/mol. The summed E-state index contributed by atoms with van der Waals surface area (Å²) in [6.45, 7) is 7.22. The van der Waals surface area contributed by atoms with Crippen molar-refractivity contribution in [3.8, 4) is 0 Å². The van der Waals surface area contributed by atoms with Crippen LogP contribution in [0.15, 0.2) is 51.2 Å². The Bertz CT molecular complexity index is 991. The van der Waals surface area contributed by atoms with Gasteiger partial charge in [0.1, 0.15) is 0 Å². The lowest BCUT2D eigenvalue weighted by Gasteiger charge is -2.35. The summed E-state index contributed by atoms with van der Waals surface area (Å²) in [7, 11) is 0. The molecule has 0 saturated carbocycles. The zero-order chi connectivity index (χ0) is 21.8. The molecule has 0 aliphatic carbocycles. The van der Waals surface area contributed by atoms with Gasteiger partial charge >= 0.3 is 0 Å². The number of amides is 1. The van der Waals surface area contributed by atoms with Crippen molar-refractivity contribution >= 4 is 40.7 Å². The topological polar surface area (TPSA) is 44.7 Å². The van der Waals surface area contributed by atoms with E-state index in [1.807, 2.05) is 43.3 Å². The van der Waals surface area contributed by atoms with Crippen LogP contribution in [0.1, 0.15) is 61.9 Å². The van der Waals surface area contributed by atoms with E-state index in [0.717, 1.165) is 39.7 Å². The number of likely N-dealkylation sites (tertiary alicyclic amines) is 1. The molecule has 0 unspecified atom stereocenters. The first-order valence-electron chi connectivity index (χ1n) is 11.2. The highest BCUT2D eigenvalue weighted by atomic mass is 35.5. The molecule has 0 radical (unpaired) electrons. The Morgan fingerprint density at radius 3 is 2.90 bits per heavy atom. The highest BCUT2D eigenvalue weighted by Gasteiger charge is 2.20. The van der Waals surface area contributed by atoms with E-state index in [0.29, 0.717) is 23.2 Å². The molecule has 0 bridgehead atoms. The van der Waals surface area contributed by atoms with Gasteiger partial charge in [0.15, 0.2) is 0 Å². The first kappa shape index (κ1) is 22.4. The van der Waals surface area contributed by atoms with Crippen molar-refractivity contribution in [2.24, 2.45) is 4.99 Å². The minimum absolute atomic E-state index is 0.0313. The lowest BCUT2D eigenvalue weighted by molar-refractivity contribution is 0.0947. The molecule has 0 spiro atoms. The molecule has 2 aliphatic heterocycles. The zero-order valence-corrected chi connectivity index (χ0v) is 19.9. The van der Waals surface area contributed by atoms with E-state index < -0.39 is 0 Å². The predicted molar refractivity (Wildman–Crippen MR) is 130 cm³/mol. The van der Waals surface area contributed by atoms with Crippen LogP contribution in [-0.4, -0.2) is 42.2 Å². The third-order valence-electron chi connectivity index (χ3n) is 6.19. The lowest BCUT2D eigenvalue weighted by Crippen LogP contribution is -2.40. The number of carbonyl (C=O) groups excluding carboxylic acids is 1. The van der Waals surface area contributed by atoms with E-state index in [1.54, 1.807) is 11.8 Å². The molecule has 2 aromatic rings. The average molecular weight is 456 g/mol. The van der Waals surface area contributed by atoms with E-state index in [1.165, 1.54) is 32.2 Å². The minimum Gasteiger partial charge on any atom is -0.352 e. The van der Waals surface area contributed by atoms with Gasteiger partial charge in [-0.15, -0.1) is 0 Å². The third-order valence-corrected chi connectivity index (χ3v) is 7.56. The predicted octanol–water partition coefficient (Wildman–Crippen LogP) is 6.33. The highest BCUT2D eigenvalue weighted by molar-refractivity contribution is 7.99. The van der Waals surface area contributed by atoms with Gasteiger partial charge in [-0.3, -0.25) is 9.79 Å². The van der Waals surface area contributed by atoms with Crippen molar-refractivity contribution in [2.75, 3.05) is 19.6 Å². The maximum Gasteiger partial charge on any atom is 0.251 e. The van der Waals surface area contributed by atoms with Crippen LogP contribution < -0.4 is 5.32 Å². The molecule has 4 rings (SSSR count). The second-order valence-corrected chi connectivity index (χ2v) is 9.85. The molecule has 2 heterocycles. The molecule has 2 aliphatic rings. The zero-order valence-electron chi connectivity index (χ0n) is 18.3. The fraction of sp³-hybridized carbons (Fsp3) is 0.440. The Morgan fingerprint density at radius 2 is 2.06 bits per heavy atom. The molecule has 1 atom stereocenters. The van der Waals surface area contributed by atoms with Crippen LogP contribution in [0.3, 0.4) is 0 Å². The minimum atomic E-state index is -0.0313. The Kier molecular flexibility index (Phi) is 7.36. The molecular formula is C25H30ClN3OS. The maximum absolute atomic E-state index is 12.7. The summed E-state index contributed by atoms with van der Waals surface area (Å²) in [4.78, 5) is 22.3. The Balaban J connectivity index is 1.38. The quantitative estimate of drug-likeness (QED) is 0.517. The van der Waals surface area contributed by atoms with Crippen LogP contribution in [-0.2, 0) is 0 Å². The summed E-state index contributed by atoms with van der Waals surface area (Å²) in [5, 5.41) is 3.79. The van der Waals surface area contributed by atoms with Gasteiger partial charge in [-0.05, 0) is 75.5 Å². The van der Waals surface area contributed by atoms with Crippen molar-refractivity contribution < 1.29 is 4.79 Å². The van der Waals surface area contributed by atoms with Gasteiger partial charge in [0, 0.05) is 50.8 Å². The summed E-state index contributed by atoms with van der Waals surface area (Å²) in [5.74, 6) is -0.0313. The van der Waals surface area contributed by atoms with Crippen LogP contribution in [0.5, 0.6) is 0 Å². The molecule has 1 N–H and O–H groups in total. The van der Waals surface area contributed by atoms with E-state index >= 15 is 0 Å². The number of nitrogens with one attached hydrogen (secondary N) is 1. The first-order chi connectivity index (χ1) is 15.0. The normalized spacial score (nSPS) is 18.5. The Labute approximate surface area is 194 Å². The number of carbonyl (C=O) groups is 1. The number of nitrogens with zero attached hydrogens (tertiary/aromatic N) is 2. The molecule has 164 valence electrons. The van der Waals surface area contributed by atoms with Crippen molar-refractivity contribution in [3.63, 3.8) is 0 Å². The average Bonchev–Trinajstić information content (AvgIpc) is 2.92. The van der Waals surface area contributed by atoms with Gasteiger partial charge in [0.25, 0.3) is 5.91 Å². The molecule has 0 aromatic heterocycles. The number of halogens is 1. The van der Waals surface area contributed by atoms with Crippen LogP contribution in [0.25, 0.3) is 0 Å².